The minimum absolute atomic E-state index is 0.201. The van der Waals surface area contributed by atoms with E-state index in [0.717, 1.165) is 6.26 Å². The van der Waals surface area contributed by atoms with E-state index < -0.39 is 10.1 Å². The average molecular weight is 288 g/mol. The van der Waals surface area contributed by atoms with Gasteiger partial charge in [0.2, 0.25) is 0 Å². The second-order valence-corrected chi connectivity index (χ2v) is 5.29. The van der Waals surface area contributed by atoms with Gasteiger partial charge in [-0.2, -0.15) is 8.42 Å². The van der Waals surface area contributed by atoms with Gasteiger partial charge in [0, 0.05) is 19.3 Å². The smallest absolute Gasteiger partial charge is 0.264 e. The first-order valence-corrected chi connectivity index (χ1v) is 7.37. The highest BCUT2D eigenvalue weighted by molar-refractivity contribution is 7.85. The molecule has 0 aliphatic rings. The van der Waals surface area contributed by atoms with E-state index in [1.165, 1.54) is 19.3 Å². The van der Waals surface area contributed by atoms with Crippen molar-refractivity contribution in [2.75, 3.05) is 19.9 Å². The van der Waals surface area contributed by atoms with Crippen LogP contribution in [0.25, 0.3) is 0 Å². The Labute approximate surface area is 112 Å². The van der Waals surface area contributed by atoms with Gasteiger partial charge in [-0.1, -0.05) is 0 Å². The van der Waals surface area contributed by atoms with Crippen LogP contribution in [0, 0.1) is 0 Å². The van der Waals surface area contributed by atoms with Crippen LogP contribution in [0.15, 0.2) is 12.3 Å². The van der Waals surface area contributed by atoms with Crippen molar-refractivity contribution < 1.29 is 22.1 Å². The predicted octanol–water partition coefficient (Wildman–Crippen LogP) is 0.316. The molecule has 1 rings (SSSR count). The number of nitrogens with one attached hydrogen (secondary N) is 1. The number of hydrogen-bond donors (Lipinski definition) is 1. The third-order valence-electron chi connectivity index (χ3n) is 2.12. The Morgan fingerprint density at radius 2 is 2.16 bits per heavy atom. The zero-order valence-electron chi connectivity index (χ0n) is 11.0. The van der Waals surface area contributed by atoms with Gasteiger partial charge >= 0.3 is 0 Å². The lowest BCUT2D eigenvalue weighted by Gasteiger charge is -2.10. The minimum atomic E-state index is -3.54. The van der Waals surface area contributed by atoms with E-state index in [1.54, 1.807) is 6.92 Å². The number of carbonyl (C=O) groups excluding carboxylic acids is 1. The summed E-state index contributed by atoms with van der Waals surface area (Å²) in [6, 6.07) is 1.49. The molecule has 1 amide bonds. The van der Waals surface area contributed by atoms with Crippen molar-refractivity contribution in [2.24, 2.45) is 0 Å². The second kappa shape index (κ2) is 6.48. The summed E-state index contributed by atoms with van der Waals surface area (Å²) in [7, 11) is -2.04. The third kappa shape index (κ3) is 4.84. The Morgan fingerprint density at radius 3 is 2.68 bits per heavy atom. The topological polar surface area (TPSA) is 94.6 Å². The normalized spacial score (nSPS) is 11.1. The molecule has 0 bridgehead atoms. The van der Waals surface area contributed by atoms with Crippen LogP contribution in [-0.4, -0.2) is 39.2 Å². The molecule has 0 fully saturated rings. The maximum absolute atomic E-state index is 11.6. The molecule has 1 aromatic rings. The highest BCUT2D eigenvalue weighted by Gasteiger charge is 2.14. The van der Waals surface area contributed by atoms with Crippen molar-refractivity contribution >= 4 is 16.0 Å². The quantitative estimate of drug-likeness (QED) is 0.757. The summed E-state index contributed by atoms with van der Waals surface area (Å²) in [5.74, 6) is 0.00971. The van der Waals surface area contributed by atoms with Gasteiger partial charge in [-0.3, -0.25) is 14.0 Å². The maximum atomic E-state index is 11.6. The molecule has 0 atom stereocenters. The molecule has 1 aromatic heterocycles. The van der Waals surface area contributed by atoms with Gasteiger partial charge in [0.1, 0.15) is 12.4 Å². The van der Waals surface area contributed by atoms with Gasteiger partial charge in [-0.05, 0) is 6.92 Å². The van der Waals surface area contributed by atoms with E-state index in [2.05, 4.69) is 14.5 Å². The second-order valence-electron chi connectivity index (χ2n) is 3.65. The van der Waals surface area contributed by atoms with Gasteiger partial charge in [0.05, 0.1) is 24.1 Å². The first-order valence-electron chi connectivity index (χ1n) is 5.55. The lowest BCUT2D eigenvalue weighted by atomic mass is 10.2. The molecule has 0 aromatic carbocycles. The third-order valence-corrected chi connectivity index (χ3v) is 2.66. The summed E-state index contributed by atoms with van der Waals surface area (Å²) in [6.07, 6.45) is 2.28. The standard InChI is InChI=1S/C11H16N2O5S/c1-4-17-10-5-8(7-18-19(3,15)16)13-6-9(10)11(14)12-2/h5-6H,4,7H2,1-3H3,(H,12,14). The number of carbonyl (C=O) groups is 1. The zero-order valence-corrected chi connectivity index (χ0v) is 11.8. The zero-order chi connectivity index (χ0) is 14.5. The van der Waals surface area contributed by atoms with Crippen LogP contribution in [-0.2, 0) is 20.9 Å². The summed E-state index contributed by atoms with van der Waals surface area (Å²) in [5.41, 5.74) is 0.647. The van der Waals surface area contributed by atoms with Crippen LogP contribution in [0.4, 0.5) is 0 Å². The number of rotatable bonds is 6. The van der Waals surface area contributed by atoms with Crippen LogP contribution in [0.2, 0.25) is 0 Å². The monoisotopic (exact) mass is 288 g/mol. The van der Waals surface area contributed by atoms with Crippen LogP contribution < -0.4 is 10.1 Å². The molecule has 1 N–H and O–H groups in total. The van der Waals surface area contributed by atoms with Gasteiger partial charge < -0.3 is 10.1 Å². The van der Waals surface area contributed by atoms with Gasteiger partial charge in [0.15, 0.2) is 0 Å². The molecule has 0 saturated heterocycles. The molecular weight excluding hydrogens is 272 g/mol. The molecule has 0 aliphatic carbocycles. The lowest BCUT2D eigenvalue weighted by molar-refractivity contribution is 0.0958. The summed E-state index contributed by atoms with van der Waals surface area (Å²) < 4.78 is 31.7. The van der Waals surface area contributed by atoms with E-state index in [9.17, 15) is 13.2 Å². The van der Waals surface area contributed by atoms with Gasteiger partial charge in [0.25, 0.3) is 16.0 Å². The number of hydrogen-bond acceptors (Lipinski definition) is 6. The molecule has 0 spiro atoms. The first-order chi connectivity index (χ1) is 8.87. The highest BCUT2D eigenvalue weighted by atomic mass is 32.2. The summed E-state index contributed by atoms with van der Waals surface area (Å²) in [5, 5.41) is 2.47. The van der Waals surface area contributed by atoms with E-state index >= 15 is 0 Å². The Balaban J connectivity index is 2.98. The van der Waals surface area contributed by atoms with Crippen molar-refractivity contribution in [1.82, 2.24) is 10.3 Å². The fourth-order valence-electron chi connectivity index (χ4n) is 1.30. The number of amides is 1. The molecule has 0 aliphatic heterocycles. The SMILES string of the molecule is CCOc1cc(COS(C)(=O)=O)ncc1C(=O)NC. The van der Waals surface area contributed by atoms with Gasteiger partial charge in [-0.15, -0.1) is 0 Å². The molecule has 0 unspecified atom stereocenters. The molecule has 1 heterocycles. The van der Waals surface area contributed by atoms with Crippen molar-refractivity contribution in [3.8, 4) is 5.75 Å². The fourth-order valence-corrected chi connectivity index (χ4v) is 1.64. The van der Waals surface area contributed by atoms with Crippen LogP contribution in [0.5, 0.6) is 5.75 Å². The molecule has 8 heteroatoms. The number of aromatic nitrogens is 1. The fraction of sp³-hybridized carbons (Fsp3) is 0.455. The summed E-state index contributed by atoms with van der Waals surface area (Å²) in [6.45, 7) is 1.95. The molecule has 106 valence electrons. The van der Waals surface area contributed by atoms with Crippen LogP contribution in [0.1, 0.15) is 23.0 Å². The largest absolute Gasteiger partial charge is 0.493 e. The molecular formula is C11H16N2O5S. The Bertz CT molecular complexity index is 556. The van der Waals surface area contributed by atoms with Crippen LogP contribution in [0.3, 0.4) is 0 Å². The Kier molecular flexibility index (Phi) is 5.25. The van der Waals surface area contributed by atoms with E-state index in [-0.39, 0.29) is 18.1 Å². The Hall–Kier alpha value is -1.67. The average Bonchev–Trinajstić information content (AvgIpc) is 2.35. The maximum Gasteiger partial charge on any atom is 0.264 e. The molecule has 0 radical (unpaired) electrons. The lowest BCUT2D eigenvalue weighted by Crippen LogP contribution is -2.19. The van der Waals surface area contributed by atoms with E-state index in [4.69, 9.17) is 4.74 Å². The van der Waals surface area contributed by atoms with Crippen molar-refractivity contribution in [3.63, 3.8) is 0 Å². The van der Waals surface area contributed by atoms with E-state index in [0.29, 0.717) is 18.1 Å². The first kappa shape index (κ1) is 15.4. The number of nitrogens with zero attached hydrogens (tertiary/aromatic N) is 1. The summed E-state index contributed by atoms with van der Waals surface area (Å²) >= 11 is 0. The van der Waals surface area contributed by atoms with Gasteiger partial charge in [-0.25, -0.2) is 0 Å². The van der Waals surface area contributed by atoms with Crippen LogP contribution >= 0.6 is 0 Å². The summed E-state index contributed by atoms with van der Waals surface area (Å²) in [4.78, 5) is 15.5. The highest BCUT2D eigenvalue weighted by Crippen LogP contribution is 2.19. The molecule has 0 saturated carbocycles. The van der Waals surface area contributed by atoms with Crippen molar-refractivity contribution in [3.05, 3.63) is 23.5 Å². The van der Waals surface area contributed by atoms with Crippen molar-refractivity contribution in [1.29, 1.82) is 0 Å². The number of pyridine rings is 1. The number of ether oxygens (including phenoxy) is 1. The predicted molar refractivity (Wildman–Crippen MR) is 68.4 cm³/mol. The molecule has 7 nitrogen and oxygen atoms in total. The van der Waals surface area contributed by atoms with E-state index in [1.807, 2.05) is 0 Å². The van der Waals surface area contributed by atoms with Crippen molar-refractivity contribution in [2.45, 2.75) is 13.5 Å². The Morgan fingerprint density at radius 1 is 1.47 bits per heavy atom. The minimum Gasteiger partial charge on any atom is -0.493 e. The molecule has 19 heavy (non-hydrogen) atoms.